The smallest absolute Gasteiger partial charge is 0.0906 e. The Morgan fingerprint density at radius 3 is 3.00 bits per heavy atom. The molecule has 0 fully saturated rings. The Balaban J connectivity index is 3.05. The SMILES string of the molecule is C=CCOCCN=C(C)N. The van der Waals surface area contributed by atoms with E-state index in [1.807, 2.05) is 0 Å². The number of aliphatic imine (C=N–C) groups is 1. The maximum absolute atomic E-state index is 5.28. The predicted octanol–water partition coefficient (Wildman–Crippen LogP) is 0.566. The molecule has 0 aromatic carbocycles. The molecule has 0 aliphatic carbocycles. The van der Waals surface area contributed by atoms with Gasteiger partial charge in [-0.2, -0.15) is 0 Å². The molecular formula is C7H14N2O. The van der Waals surface area contributed by atoms with Crippen molar-refractivity contribution in [2.24, 2.45) is 10.7 Å². The lowest BCUT2D eigenvalue weighted by molar-refractivity contribution is 0.171. The first kappa shape index (κ1) is 9.17. The van der Waals surface area contributed by atoms with Crippen LogP contribution >= 0.6 is 0 Å². The van der Waals surface area contributed by atoms with Gasteiger partial charge in [0, 0.05) is 0 Å². The minimum absolute atomic E-state index is 0.582. The van der Waals surface area contributed by atoms with Gasteiger partial charge in [-0.05, 0) is 6.92 Å². The number of hydrogen-bond acceptors (Lipinski definition) is 2. The largest absolute Gasteiger partial charge is 0.388 e. The second kappa shape index (κ2) is 6.29. The Labute approximate surface area is 61.6 Å². The molecule has 0 aliphatic rings. The van der Waals surface area contributed by atoms with Crippen LogP contribution < -0.4 is 5.73 Å². The van der Waals surface area contributed by atoms with Crippen LogP contribution in [-0.2, 0) is 4.74 Å². The lowest BCUT2D eigenvalue weighted by Gasteiger charge is -1.96. The van der Waals surface area contributed by atoms with E-state index < -0.39 is 0 Å². The van der Waals surface area contributed by atoms with E-state index in [1.54, 1.807) is 13.0 Å². The van der Waals surface area contributed by atoms with Crippen molar-refractivity contribution in [3.63, 3.8) is 0 Å². The molecule has 0 atom stereocenters. The third kappa shape index (κ3) is 7.17. The molecule has 2 N–H and O–H groups in total. The van der Waals surface area contributed by atoms with Crippen molar-refractivity contribution < 1.29 is 4.74 Å². The first-order valence-electron chi connectivity index (χ1n) is 3.22. The van der Waals surface area contributed by atoms with Crippen molar-refractivity contribution in [1.29, 1.82) is 0 Å². The van der Waals surface area contributed by atoms with Crippen molar-refractivity contribution in [3.8, 4) is 0 Å². The summed E-state index contributed by atoms with van der Waals surface area (Å²) in [7, 11) is 0. The van der Waals surface area contributed by atoms with Gasteiger partial charge in [-0.25, -0.2) is 0 Å². The molecule has 0 aromatic rings. The van der Waals surface area contributed by atoms with Crippen molar-refractivity contribution in [1.82, 2.24) is 0 Å². The lowest BCUT2D eigenvalue weighted by atomic mass is 10.6. The molecule has 0 saturated carbocycles. The van der Waals surface area contributed by atoms with Gasteiger partial charge in [0.05, 0.1) is 25.6 Å². The monoisotopic (exact) mass is 142 g/mol. The zero-order valence-electron chi connectivity index (χ0n) is 6.34. The fourth-order valence-corrected chi connectivity index (χ4v) is 0.453. The number of nitrogens with two attached hydrogens (primary N) is 1. The van der Waals surface area contributed by atoms with Gasteiger partial charge in [0.2, 0.25) is 0 Å². The maximum atomic E-state index is 5.28. The molecule has 10 heavy (non-hydrogen) atoms. The molecular weight excluding hydrogens is 128 g/mol. The number of rotatable bonds is 5. The average Bonchev–Trinajstić information content (AvgIpc) is 1.87. The fourth-order valence-electron chi connectivity index (χ4n) is 0.453. The molecule has 0 rings (SSSR count). The van der Waals surface area contributed by atoms with Crippen LogP contribution in [0.4, 0.5) is 0 Å². The predicted molar refractivity (Wildman–Crippen MR) is 43.2 cm³/mol. The van der Waals surface area contributed by atoms with E-state index in [-0.39, 0.29) is 0 Å². The average molecular weight is 142 g/mol. The molecule has 0 aliphatic heterocycles. The highest BCUT2D eigenvalue weighted by molar-refractivity contribution is 5.77. The second-order valence-corrected chi connectivity index (χ2v) is 1.89. The third-order valence-corrected chi connectivity index (χ3v) is 0.833. The van der Waals surface area contributed by atoms with Crippen LogP contribution in [0.15, 0.2) is 17.6 Å². The first-order chi connectivity index (χ1) is 4.77. The fraction of sp³-hybridized carbons (Fsp3) is 0.571. The Bertz CT molecular complexity index is 117. The molecule has 0 aromatic heterocycles. The summed E-state index contributed by atoms with van der Waals surface area (Å²) in [5, 5.41) is 0. The van der Waals surface area contributed by atoms with Gasteiger partial charge in [-0.1, -0.05) is 6.08 Å². The summed E-state index contributed by atoms with van der Waals surface area (Å²) in [5.74, 6) is 0.599. The molecule has 58 valence electrons. The van der Waals surface area contributed by atoms with Crippen LogP contribution in [0.3, 0.4) is 0 Å². The summed E-state index contributed by atoms with van der Waals surface area (Å²) >= 11 is 0. The molecule has 0 bridgehead atoms. The van der Waals surface area contributed by atoms with Crippen LogP contribution in [-0.4, -0.2) is 25.6 Å². The minimum Gasteiger partial charge on any atom is -0.388 e. The van der Waals surface area contributed by atoms with Gasteiger partial charge >= 0.3 is 0 Å². The van der Waals surface area contributed by atoms with Gasteiger partial charge in [-0.3, -0.25) is 4.99 Å². The van der Waals surface area contributed by atoms with E-state index in [0.29, 0.717) is 25.6 Å². The Kier molecular flexibility index (Phi) is 5.77. The zero-order chi connectivity index (χ0) is 7.82. The lowest BCUT2D eigenvalue weighted by Crippen LogP contribution is -2.08. The summed E-state index contributed by atoms with van der Waals surface area (Å²) in [6.45, 7) is 7.09. The number of hydrogen-bond donors (Lipinski definition) is 1. The molecule has 3 nitrogen and oxygen atoms in total. The van der Waals surface area contributed by atoms with Crippen LogP contribution in [0.25, 0.3) is 0 Å². The molecule has 0 saturated heterocycles. The van der Waals surface area contributed by atoms with Crippen molar-refractivity contribution in [3.05, 3.63) is 12.7 Å². The highest BCUT2D eigenvalue weighted by atomic mass is 16.5. The number of amidine groups is 1. The summed E-state index contributed by atoms with van der Waals surface area (Å²) in [6.07, 6.45) is 1.71. The van der Waals surface area contributed by atoms with Crippen molar-refractivity contribution in [2.45, 2.75) is 6.92 Å². The molecule has 0 spiro atoms. The highest BCUT2D eigenvalue weighted by Crippen LogP contribution is 1.76. The summed E-state index contributed by atoms with van der Waals surface area (Å²) in [6, 6.07) is 0. The minimum atomic E-state index is 0.582. The molecule has 3 heteroatoms. The zero-order valence-corrected chi connectivity index (χ0v) is 6.34. The normalized spacial score (nSPS) is 11.5. The van der Waals surface area contributed by atoms with Crippen LogP contribution in [0.1, 0.15) is 6.92 Å². The Morgan fingerprint density at radius 2 is 2.50 bits per heavy atom. The van der Waals surface area contributed by atoms with Crippen LogP contribution in [0.5, 0.6) is 0 Å². The third-order valence-electron chi connectivity index (χ3n) is 0.833. The van der Waals surface area contributed by atoms with Crippen LogP contribution in [0.2, 0.25) is 0 Å². The molecule has 0 unspecified atom stereocenters. The maximum Gasteiger partial charge on any atom is 0.0906 e. The van der Waals surface area contributed by atoms with Gasteiger partial charge in [0.25, 0.3) is 0 Å². The second-order valence-electron chi connectivity index (χ2n) is 1.89. The van der Waals surface area contributed by atoms with Gasteiger partial charge in [-0.15, -0.1) is 6.58 Å². The van der Waals surface area contributed by atoms with Gasteiger partial charge in [0.1, 0.15) is 0 Å². The van der Waals surface area contributed by atoms with E-state index in [9.17, 15) is 0 Å². The van der Waals surface area contributed by atoms with Crippen molar-refractivity contribution in [2.75, 3.05) is 19.8 Å². The van der Waals surface area contributed by atoms with E-state index in [2.05, 4.69) is 11.6 Å². The van der Waals surface area contributed by atoms with Gasteiger partial charge in [0.15, 0.2) is 0 Å². The first-order valence-corrected chi connectivity index (χ1v) is 3.22. The number of ether oxygens (including phenoxy) is 1. The Hall–Kier alpha value is -0.830. The highest BCUT2D eigenvalue weighted by Gasteiger charge is 1.82. The van der Waals surface area contributed by atoms with Crippen molar-refractivity contribution >= 4 is 5.84 Å². The summed E-state index contributed by atoms with van der Waals surface area (Å²) in [5.41, 5.74) is 5.28. The van der Waals surface area contributed by atoms with E-state index in [0.717, 1.165) is 0 Å². The van der Waals surface area contributed by atoms with E-state index in [1.165, 1.54) is 0 Å². The summed E-state index contributed by atoms with van der Waals surface area (Å²) < 4.78 is 5.05. The summed E-state index contributed by atoms with van der Waals surface area (Å²) in [4.78, 5) is 3.93. The van der Waals surface area contributed by atoms with E-state index >= 15 is 0 Å². The quantitative estimate of drug-likeness (QED) is 0.264. The van der Waals surface area contributed by atoms with Crippen LogP contribution in [0, 0.1) is 0 Å². The van der Waals surface area contributed by atoms with Gasteiger partial charge < -0.3 is 10.5 Å². The standard InChI is InChI=1S/C7H14N2O/c1-3-5-10-6-4-9-7(2)8/h3H,1,4-6H2,2H3,(H2,8,9). The molecule has 0 heterocycles. The van der Waals surface area contributed by atoms with E-state index in [4.69, 9.17) is 10.5 Å². The molecule has 0 radical (unpaired) electrons. The molecule has 0 amide bonds. The Morgan fingerprint density at radius 1 is 1.80 bits per heavy atom. The topological polar surface area (TPSA) is 47.6 Å². The number of nitrogens with zero attached hydrogens (tertiary/aromatic N) is 1.